The average molecular weight is 415 g/mol. The van der Waals surface area contributed by atoms with Gasteiger partial charge in [0.05, 0.1) is 10.6 Å². The fourth-order valence-electron chi connectivity index (χ4n) is 4.71. The van der Waals surface area contributed by atoms with Gasteiger partial charge in [-0.05, 0) is 41.5 Å². The minimum Gasteiger partial charge on any atom is -0.312 e. The van der Waals surface area contributed by atoms with Crippen molar-refractivity contribution in [3.63, 3.8) is 0 Å². The number of rotatable bonds is 4. The van der Waals surface area contributed by atoms with Crippen molar-refractivity contribution in [3.8, 4) is 0 Å². The molecule has 6 heteroatoms. The smallest absolute Gasteiger partial charge is 0.250 e. The second-order valence-electron chi connectivity index (χ2n) is 9.55. The summed E-state index contributed by atoms with van der Waals surface area (Å²) in [6.45, 7) is 9.31. The molecule has 0 spiro atoms. The normalized spacial score (nSPS) is 22.3. The molecule has 29 heavy (non-hydrogen) atoms. The van der Waals surface area contributed by atoms with Crippen molar-refractivity contribution in [2.24, 2.45) is 5.92 Å². The summed E-state index contributed by atoms with van der Waals surface area (Å²) >= 11 is 0. The molecule has 0 amide bonds. The number of sulfone groups is 1. The first-order valence-corrected chi connectivity index (χ1v) is 12.0. The van der Waals surface area contributed by atoms with Gasteiger partial charge >= 0.3 is 0 Å². The lowest BCUT2D eigenvalue weighted by molar-refractivity contribution is 0.126. The summed E-state index contributed by atoms with van der Waals surface area (Å²) in [5.74, 6) is 0.850. The monoisotopic (exact) mass is 414 g/mol. The van der Waals surface area contributed by atoms with Gasteiger partial charge in [-0.2, -0.15) is 0 Å². The van der Waals surface area contributed by atoms with E-state index in [4.69, 9.17) is 0 Å². The topological polar surface area (TPSA) is 59.4 Å². The molecule has 1 aromatic heterocycles. The molecule has 0 radical (unpaired) electrons. The Bertz CT molecular complexity index is 1050. The summed E-state index contributed by atoms with van der Waals surface area (Å²) in [6, 6.07) is 12.8. The van der Waals surface area contributed by atoms with E-state index >= 15 is 0 Å². The van der Waals surface area contributed by atoms with E-state index in [0.29, 0.717) is 23.3 Å². The first kappa shape index (κ1) is 20.4. The lowest BCUT2D eigenvalue weighted by Crippen LogP contribution is -2.48. The molecule has 1 saturated heterocycles. The maximum absolute atomic E-state index is 12.9. The van der Waals surface area contributed by atoms with E-state index in [1.54, 1.807) is 18.2 Å². The molecule has 2 aliphatic heterocycles. The molecule has 2 bridgehead atoms. The van der Waals surface area contributed by atoms with Gasteiger partial charge in [0.25, 0.3) is 5.56 Å². The van der Waals surface area contributed by atoms with Crippen LogP contribution in [0.25, 0.3) is 0 Å². The summed E-state index contributed by atoms with van der Waals surface area (Å²) in [5, 5.41) is 0. The molecule has 1 fully saturated rings. The summed E-state index contributed by atoms with van der Waals surface area (Å²) < 4.78 is 27.6. The number of aromatic nitrogens is 1. The lowest BCUT2D eigenvalue weighted by Gasteiger charge is -2.42. The quantitative estimate of drug-likeness (QED) is 0.772. The predicted molar refractivity (Wildman–Crippen MR) is 115 cm³/mol. The van der Waals surface area contributed by atoms with Crippen LogP contribution in [0, 0.1) is 5.92 Å². The van der Waals surface area contributed by atoms with Crippen LogP contribution >= 0.6 is 0 Å². The van der Waals surface area contributed by atoms with Crippen LogP contribution in [-0.2, 0) is 21.8 Å². The molecule has 2 aliphatic rings. The molecule has 2 aromatic rings. The second-order valence-corrected chi connectivity index (χ2v) is 11.7. The van der Waals surface area contributed by atoms with E-state index in [1.165, 1.54) is 0 Å². The molecular formula is C23H30N2O3S. The van der Waals surface area contributed by atoms with Crippen LogP contribution in [0.4, 0.5) is 0 Å². The maximum Gasteiger partial charge on any atom is 0.250 e. The number of benzene rings is 1. The van der Waals surface area contributed by atoms with Crippen molar-refractivity contribution >= 4 is 9.84 Å². The molecule has 4 rings (SSSR count). The van der Waals surface area contributed by atoms with Crippen LogP contribution in [0.1, 0.15) is 44.4 Å². The van der Waals surface area contributed by atoms with Gasteiger partial charge in [0.2, 0.25) is 0 Å². The van der Waals surface area contributed by atoms with Gasteiger partial charge in [-0.15, -0.1) is 0 Å². The number of hydrogen-bond donors (Lipinski definition) is 0. The molecule has 156 valence electrons. The van der Waals surface area contributed by atoms with Crippen LogP contribution in [-0.4, -0.2) is 43.3 Å². The summed E-state index contributed by atoms with van der Waals surface area (Å²) in [6.07, 6.45) is 1.08. The fourth-order valence-corrected chi connectivity index (χ4v) is 5.99. The second kappa shape index (κ2) is 7.40. The number of hydrogen-bond acceptors (Lipinski definition) is 4. The van der Waals surface area contributed by atoms with Crippen molar-refractivity contribution in [2.75, 3.05) is 25.4 Å². The fraction of sp³-hybridized carbons (Fsp3) is 0.522. The molecule has 3 heterocycles. The molecule has 5 nitrogen and oxygen atoms in total. The van der Waals surface area contributed by atoms with Gasteiger partial charge in [-0.25, -0.2) is 8.42 Å². The maximum atomic E-state index is 12.9. The Hall–Kier alpha value is -1.92. The van der Waals surface area contributed by atoms with Crippen LogP contribution < -0.4 is 5.56 Å². The SMILES string of the molecule is CC(C)(C)c1ccc(S(=O)(=O)CCN2CC3CC(C2)c2cccc(=O)n2C3)cc1. The Balaban J connectivity index is 1.44. The van der Waals surface area contributed by atoms with E-state index in [0.717, 1.165) is 37.3 Å². The van der Waals surface area contributed by atoms with E-state index in [1.807, 2.05) is 28.8 Å². The number of fused-ring (bicyclic) bond motifs is 4. The Morgan fingerprint density at radius 2 is 1.72 bits per heavy atom. The van der Waals surface area contributed by atoms with Crippen molar-refractivity contribution in [1.82, 2.24) is 9.47 Å². The Labute approximate surface area is 173 Å². The van der Waals surface area contributed by atoms with Gasteiger partial charge in [-0.3, -0.25) is 4.79 Å². The molecule has 0 N–H and O–H groups in total. The number of pyridine rings is 1. The lowest BCUT2D eigenvalue weighted by atomic mass is 9.83. The van der Waals surface area contributed by atoms with Crippen molar-refractivity contribution in [3.05, 3.63) is 64.1 Å². The minimum absolute atomic E-state index is 0.00609. The van der Waals surface area contributed by atoms with Crippen molar-refractivity contribution < 1.29 is 8.42 Å². The standard InChI is InChI=1S/C23H30N2O3S/c1-23(2,3)19-7-9-20(10-8-19)29(27,28)12-11-24-14-17-13-18(16-24)21-5-4-6-22(26)25(21)15-17/h4-10,17-18H,11-16H2,1-3H3. The van der Waals surface area contributed by atoms with Crippen LogP contribution in [0.5, 0.6) is 0 Å². The summed E-state index contributed by atoms with van der Waals surface area (Å²) in [4.78, 5) is 14.8. The highest BCUT2D eigenvalue weighted by atomic mass is 32.2. The molecular weight excluding hydrogens is 384 g/mol. The van der Waals surface area contributed by atoms with Crippen molar-refractivity contribution in [1.29, 1.82) is 0 Å². The Morgan fingerprint density at radius 1 is 1.00 bits per heavy atom. The largest absolute Gasteiger partial charge is 0.312 e. The third kappa shape index (κ3) is 4.19. The number of likely N-dealkylation sites (tertiary alicyclic amines) is 1. The molecule has 0 aliphatic carbocycles. The molecule has 1 aromatic carbocycles. The van der Waals surface area contributed by atoms with Crippen LogP contribution in [0.15, 0.2) is 52.2 Å². The van der Waals surface area contributed by atoms with E-state index in [-0.39, 0.29) is 16.7 Å². The van der Waals surface area contributed by atoms with E-state index in [2.05, 4.69) is 25.7 Å². The van der Waals surface area contributed by atoms with Gasteiger partial charge in [0.15, 0.2) is 9.84 Å². The first-order chi connectivity index (χ1) is 13.6. The minimum atomic E-state index is -3.31. The van der Waals surface area contributed by atoms with Crippen molar-refractivity contribution in [2.45, 2.75) is 50.0 Å². The van der Waals surface area contributed by atoms with E-state index < -0.39 is 9.84 Å². The van der Waals surface area contributed by atoms with Gasteiger partial charge in [0.1, 0.15) is 0 Å². The molecule has 2 unspecified atom stereocenters. The van der Waals surface area contributed by atoms with E-state index in [9.17, 15) is 13.2 Å². The first-order valence-electron chi connectivity index (χ1n) is 10.4. The van der Waals surface area contributed by atoms with Crippen LogP contribution in [0.3, 0.4) is 0 Å². The third-order valence-electron chi connectivity index (χ3n) is 6.31. The zero-order valence-corrected chi connectivity index (χ0v) is 18.3. The van der Waals surface area contributed by atoms with Crippen LogP contribution in [0.2, 0.25) is 0 Å². The van der Waals surface area contributed by atoms with Gasteiger partial charge in [-0.1, -0.05) is 39.0 Å². The third-order valence-corrected chi connectivity index (χ3v) is 8.02. The number of nitrogens with zero attached hydrogens (tertiary/aromatic N) is 2. The highest BCUT2D eigenvalue weighted by molar-refractivity contribution is 7.91. The molecule has 0 saturated carbocycles. The summed E-state index contributed by atoms with van der Waals surface area (Å²) in [7, 11) is -3.31. The Morgan fingerprint density at radius 3 is 2.41 bits per heavy atom. The highest BCUT2D eigenvalue weighted by Gasteiger charge is 2.34. The Kier molecular flexibility index (Phi) is 5.20. The zero-order chi connectivity index (χ0) is 20.8. The highest BCUT2D eigenvalue weighted by Crippen LogP contribution is 2.35. The average Bonchev–Trinajstić information content (AvgIpc) is 2.67. The van der Waals surface area contributed by atoms with Gasteiger partial charge in [0, 0.05) is 43.9 Å². The zero-order valence-electron chi connectivity index (χ0n) is 17.5. The molecule has 2 atom stereocenters. The summed E-state index contributed by atoms with van der Waals surface area (Å²) in [5.41, 5.74) is 2.31. The predicted octanol–water partition coefficient (Wildman–Crippen LogP) is 3.04. The van der Waals surface area contributed by atoms with Gasteiger partial charge < -0.3 is 9.47 Å². The number of piperidine rings is 1.